The van der Waals surface area contributed by atoms with E-state index in [1.54, 1.807) is 7.11 Å². The molecule has 0 saturated heterocycles. The zero-order valence-corrected chi connectivity index (χ0v) is 10.8. The summed E-state index contributed by atoms with van der Waals surface area (Å²) in [6.45, 7) is 4.68. The molecule has 0 aromatic heterocycles. The summed E-state index contributed by atoms with van der Waals surface area (Å²) in [6.07, 6.45) is 1.35. The van der Waals surface area contributed by atoms with Gasteiger partial charge in [0.05, 0.1) is 12.2 Å². The van der Waals surface area contributed by atoms with Crippen molar-refractivity contribution >= 4 is 0 Å². The lowest BCUT2D eigenvalue weighted by molar-refractivity contribution is 0.135. The fraction of sp³-hybridized carbons (Fsp3) is 0.571. The highest BCUT2D eigenvalue weighted by atomic mass is 16.5. The van der Waals surface area contributed by atoms with Gasteiger partial charge in [-0.1, -0.05) is 19.1 Å². The third kappa shape index (κ3) is 4.75. The van der Waals surface area contributed by atoms with Gasteiger partial charge in [0.15, 0.2) is 0 Å². The van der Waals surface area contributed by atoms with Crippen LogP contribution in [0.1, 0.15) is 38.4 Å². The van der Waals surface area contributed by atoms with Crippen molar-refractivity contribution in [3.05, 3.63) is 29.8 Å². The molecule has 0 heterocycles. The quantitative estimate of drug-likeness (QED) is 0.793. The molecule has 1 aromatic carbocycles. The molecule has 0 aliphatic heterocycles. The van der Waals surface area contributed by atoms with Crippen LogP contribution in [0.15, 0.2) is 24.3 Å². The van der Waals surface area contributed by atoms with E-state index in [0.29, 0.717) is 6.61 Å². The highest BCUT2D eigenvalue weighted by molar-refractivity contribution is 5.28. The van der Waals surface area contributed by atoms with Gasteiger partial charge in [-0.3, -0.25) is 0 Å². The second-order valence-electron chi connectivity index (χ2n) is 4.20. The number of benzene rings is 1. The van der Waals surface area contributed by atoms with Gasteiger partial charge < -0.3 is 14.6 Å². The van der Waals surface area contributed by atoms with Gasteiger partial charge in [-0.05, 0) is 31.0 Å². The molecule has 0 bridgehead atoms. The Morgan fingerprint density at radius 3 is 2.41 bits per heavy atom. The van der Waals surface area contributed by atoms with E-state index in [0.717, 1.165) is 24.2 Å². The number of aliphatic hydroxyl groups excluding tert-OH is 1. The molecule has 2 atom stereocenters. The molecule has 0 fully saturated rings. The third-order valence-electron chi connectivity index (χ3n) is 2.72. The first kappa shape index (κ1) is 14.0. The molecule has 1 rings (SSSR count). The summed E-state index contributed by atoms with van der Waals surface area (Å²) in [5.41, 5.74) is 0.935. The van der Waals surface area contributed by atoms with Gasteiger partial charge in [0.25, 0.3) is 0 Å². The van der Waals surface area contributed by atoms with Crippen molar-refractivity contribution in [3.8, 4) is 5.75 Å². The molecule has 0 aliphatic rings. The normalized spacial score (nSPS) is 14.4. The lowest BCUT2D eigenvalue weighted by Gasteiger charge is -2.15. The molecule has 0 aliphatic carbocycles. The SMILES string of the molecule is CC[C@H](O)c1ccc(OC(C)CCOC)cc1. The molecule has 0 amide bonds. The Kier molecular flexibility index (Phi) is 6.01. The van der Waals surface area contributed by atoms with E-state index in [-0.39, 0.29) is 12.2 Å². The summed E-state index contributed by atoms with van der Waals surface area (Å²) in [5, 5.41) is 9.66. The number of aliphatic hydroxyl groups is 1. The zero-order chi connectivity index (χ0) is 12.7. The van der Waals surface area contributed by atoms with Crippen LogP contribution in [0.3, 0.4) is 0 Å². The van der Waals surface area contributed by atoms with E-state index in [2.05, 4.69) is 0 Å². The fourth-order valence-corrected chi connectivity index (χ4v) is 1.58. The van der Waals surface area contributed by atoms with E-state index < -0.39 is 0 Å². The molecule has 1 aromatic rings. The molecule has 17 heavy (non-hydrogen) atoms. The predicted molar refractivity (Wildman–Crippen MR) is 68.3 cm³/mol. The molecule has 1 unspecified atom stereocenters. The van der Waals surface area contributed by atoms with Crippen LogP contribution in [0.2, 0.25) is 0 Å². The van der Waals surface area contributed by atoms with Crippen LogP contribution in [-0.2, 0) is 4.74 Å². The van der Waals surface area contributed by atoms with E-state index in [4.69, 9.17) is 9.47 Å². The molecule has 1 N–H and O–H groups in total. The van der Waals surface area contributed by atoms with Crippen molar-refractivity contribution in [3.63, 3.8) is 0 Å². The monoisotopic (exact) mass is 238 g/mol. The Morgan fingerprint density at radius 1 is 1.24 bits per heavy atom. The van der Waals surface area contributed by atoms with Crippen LogP contribution >= 0.6 is 0 Å². The number of hydrogen-bond donors (Lipinski definition) is 1. The summed E-state index contributed by atoms with van der Waals surface area (Å²) in [6, 6.07) is 7.62. The number of ether oxygens (including phenoxy) is 2. The summed E-state index contributed by atoms with van der Waals surface area (Å²) in [7, 11) is 1.69. The van der Waals surface area contributed by atoms with E-state index in [1.807, 2.05) is 38.1 Å². The maximum absolute atomic E-state index is 9.66. The summed E-state index contributed by atoms with van der Waals surface area (Å²) < 4.78 is 10.7. The molecule has 0 spiro atoms. The molecular weight excluding hydrogens is 216 g/mol. The lowest BCUT2D eigenvalue weighted by Crippen LogP contribution is -2.14. The van der Waals surface area contributed by atoms with Crippen LogP contribution in [0.5, 0.6) is 5.75 Å². The zero-order valence-electron chi connectivity index (χ0n) is 10.8. The Morgan fingerprint density at radius 2 is 1.88 bits per heavy atom. The second-order valence-corrected chi connectivity index (χ2v) is 4.20. The van der Waals surface area contributed by atoms with E-state index >= 15 is 0 Å². The van der Waals surface area contributed by atoms with Crippen LogP contribution < -0.4 is 4.74 Å². The first-order valence-electron chi connectivity index (χ1n) is 6.11. The van der Waals surface area contributed by atoms with E-state index in [9.17, 15) is 5.11 Å². The van der Waals surface area contributed by atoms with E-state index in [1.165, 1.54) is 0 Å². The van der Waals surface area contributed by atoms with Crippen molar-refractivity contribution < 1.29 is 14.6 Å². The van der Waals surface area contributed by atoms with Gasteiger partial charge in [0, 0.05) is 20.1 Å². The maximum atomic E-state index is 9.66. The van der Waals surface area contributed by atoms with Gasteiger partial charge in [-0.15, -0.1) is 0 Å². The fourth-order valence-electron chi connectivity index (χ4n) is 1.58. The van der Waals surface area contributed by atoms with Crippen LogP contribution in [0, 0.1) is 0 Å². The maximum Gasteiger partial charge on any atom is 0.119 e. The summed E-state index contributed by atoms with van der Waals surface area (Å²) >= 11 is 0. The molecule has 3 heteroatoms. The first-order chi connectivity index (χ1) is 8.17. The minimum atomic E-state index is -0.380. The van der Waals surface area contributed by atoms with Crippen molar-refractivity contribution in [2.24, 2.45) is 0 Å². The van der Waals surface area contributed by atoms with Crippen molar-refractivity contribution in [2.45, 2.75) is 38.9 Å². The smallest absolute Gasteiger partial charge is 0.119 e. The predicted octanol–water partition coefficient (Wildman–Crippen LogP) is 2.93. The Bertz CT molecular complexity index is 308. The minimum absolute atomic E-state index is 0.136. The molecule has 96 valence electrons. The Labute approximate surface area is 103 Å². The number of methoxy groups -OCH3 is 1. The highest BCUT2D eigenvalue weighted by Gasteiger charge is 2.06. The summed E-state index contributed by atoms with van der Waals surface area (Å²) in [4.78, 5) is 0. The second kappa shape index (κ2) is 7.30. The van der Waals surface area contributed by atoms with Crippen molar-refractivity contribution in [1.29, 1.82) is 0 Å². The lowest BCUT2D eigenvalue weighted by atomic mass is 10.1. The van der Waals surface area contributed by atoms with Gasteiger partial charge in [0.1, 0.15) is 5.75 Å². The average Bonchev–Trinajstić information content (AvgIpc) is 2.36. The summed E-state index contributed by atoms with van der Waals surface area (Å²) in [5.74, 6) is 0.834. The largest absolute Gasteiger partial charge is 0.491 e. The van der Waals surface area contributed by atoms with Crippen LogP contribution in [0.25, 0.3) is 0 Å². The average molecular weight is 238 g/mol. The molecule has 0 radical (unpaired) electrons. The molecule has 0 saturated carbocycles. The third-order valence-corrected chi connectivity index (χ3v) is 2.72. The molecular formula is C14H22O3. The highest BCUT2D eigenvalue weighted by Crippen LogP contribution is 2.20. The Hall–Kier alpha value is -1.06. The van der Waals surface area contributed by atoms with Gasteiger partial charge in [-0.25, -0.2) is 0 Å². The van der Waals surface area contributed by atoms with Crippen molar-refractivity contribution in [2.75, 3.05) is 13.7 Å². The van der Waals surface area contributed by atoms with Crippen molar-refractivity contribution in [1.82, 2.24) is 0 Å². The number of hydrogen-bond acceptors (Lipinski definition) is 3. The minimum Gasteiger partial charge on any atom is -0.491 e. The van der Waals surface area contributed by atoms with Gasteiger partial charge in [0.2, 0.25) is 0 Å². The Balaban J connectivity index is 2.50. The van der Waals surface area contributed by atoms with Gasteiger partial charge in [-0.2, -0.15) is 0 Å². The topological polar surface area (TPSA) is 38.7 Å². The number of rotatable bonds is 7. The van der Waals surface area contributed by atoms with Crippen LogP contribution in [-0.4, -0.2) is 24.9 Å². The first-order valence-corrected chi connectivity index (χ1v) is 6.11. The molecule has 3 nitrogen and oxygen atoms in total. The standard InChI is InChI=1S/C14H22O3/c1-4-14(15)12-5-7-13(8-6-12)17-11(2)9-10-16-3/h5-8,11,14-15H,4,9-10H2,1-3H3/t11?,14-/m0/s1. The van der Waals surface area contributed by atoms with Crippen LogP contribution in [0.4, 0.5) is 0 Å². The van der Waals surface area contributed by atoms with Gasteiger partial charge >= 0.3 is 0 Å².